The van der Waals surface area contributed by atoms with E-state index in [1.807, 2.05) is 46.1 Å². The maximum absolute atomic E-state index is 13.4. The molecule has 0 atom stereocenters. The van der Waals surface area contributed by atoms with Crippen LogP contribution in [0.4, 0.5) is 5.69 Å². The van der Waals surface area contributed by atoms with E-state index >= 15 is 0 Å². The Morgan fingerprint density at radius 1 is 1.12 bits per heavy atom. The minimum atomic E-state index is -3.87. The number of fused-ring (bicyclic) bond motifs is 2. The zero-order chi connectivity index (χ0) is 23.8. The lowest BCUT2D eigenvalue weighted by Gasteiger charge is -2.19. The number of halogens is 1. The van der Waals surface area contributed by atoms with Crippen molar-refractivity contribution < 1.29 is 17.9 Å². The third-order valence-electron chi connectivity index (χ3n) is 5.51. The molecule has 176 valence electrons. The highest BCUT2D eigenvalue weighted by molar-refractivity contribution is 7.93. The molecule has 1 heterocycles. The minimum Gasteiger partial charge on any atom is -0.490 e. The summed E-state index contributed by atoms with van der Waals surface area (Å²) in [6, 6.07) is 13.9. The Hall–Kier alpha value is -2.48. The van der Waals surface area contributed by atoms with Gasteiger partial charge in [0.1, 0.15) is 5.60 Å². The maximum Gasteiger partial charge on any atom is 0.262 e. The minimum absolute atomic E-state index is 0.174. The molecule has 33 heavy (non-hydrogen) atoms. The van der Waals surface area contributed by atoms with Gasteiger partial charge in [-0.2, -0.15) is 0 Å². The quantitative estimate of drug-likeness (QED) is 0.433. The Morgan fingerprint density at radius 3 is 2.58 bits per heavy atom. The Labute approximate surface area is 200 Å². The van der Waals surface area contributed by atoms with Crippen molar-refractivity contribution in [1.29, 1.82) is 0 Å². The van der Waals surface area contributed by atoms with Gasteiger partial charge in [0, 0.05) is 40.4 Å². The highest BCUT2D eigenvalue weighted by Crippen LogP contribution is 2.44. The van der Waals surface area contributed by atoms with Crippen LogP contribution in [0.5, 0.6) is 11.5 Å². The summed E-state index contributed by atoms with van der Waals surface area (Å²) in [6.45, 7) is 5.41. The average molecular weight is 489 g/mol. The first-order valence-electron chi connectivity index (χ1n) is 10.9. The van der Waals surface area contributed by atoms with Crippen molar-refractivity contribution in [3.05, 3.63) is 59.1 Å². The topological polar surface area (TPSA) is 67.9 Å². The predicted octanol–water partition coefficient (Wildman–Crippen LogP) is 5.34. The molecule has 4 rings (SSSR count). The molecule has 0 saturated heterocycles. The molecule has 0 aromatic heterocycles. The smallest absolute Gasteiger partial charge is 0.262 e. The van der Waals surface area contributed by atoms with Crippen molar-refractivity contribution >= 4 is 38.1 Å². The summed E-state index contributed by atoms with van der Waals surface area (Å²) in [5.74, 6) is 1.24. The van der Waals surface area contributed by atoms with Crippen LogP contribution < -0.4 is 14.2 Å². The van der Waals surface area contributed by atoms with Crippen LogP contribution in [0.15, 0.2) is 53.4 Å². The average Bonchev–Trinajstić information content (AvgIpc) is 3.05. The van der Waals surface area contributed by atoms with Gasteiger partial charge in [-0.15, -0.1) is 0 Å². The second-order valence-corrected chi connectivity index (χ2v) is 11.3. The van der Waals surface area contributed by atoms with Gasteiger partial charge in [0.15, 0.2) is 11.5 Å². The van der Waals surface area contributed by atoms with Gasteiger partial charge < -0.3 is 14.4 Å². The van der Waals surface area contributed by atoms with Crippen LogP contribution in [0.2, 0.25) is 5.02 Å². The monoisotopic (exact) mass is 488 g/mol. The van der Waals surface area contributed by atoms with Gasteiger partial charge in [-0.05, 0) is 52.6 Å². The summed E-state index contributed by atoms with van der Waals surface area (Å²) < 4.78 is 41.6. The van der Waals surface area contributed by atoms with Gasteiger partial charge in [0.05, 0.1) is 17.2 Å². The van der Waals surface area contributed by atoms with Crippen LogP contribution >= 0.6 is 11.6 Å². The number of benzene rings is 3. The van der Waals surface area contributed by atoms with E-state index in [4.69, 9.17) is 21.1 Å². The maximum atomic E-state index is 13.4. The number of sulfonamides is 1. The van der Waals surface area contributed by atoms with Gasteiger partial charge in [0.25, 0.3) is 10.0 Å². The molecule has 1 N–H and O–H groups in total. The van der Waals surface area contributed by atoms with Crippen LogP contribution in [-0.2, 0) is 16.4 Å². The van der Waals surface area contributed by atoms with E-state index in [2.05, 4.69) is 9.62 Å². The summed E-state index contributed by atoms with van der Waals surface area (Å²) in [6.07, 6.45) is 1.51. The molecule has 0 radical (unpaired) electrons. The molecule has 3 aromatic carbocycles. The van der Waals surface area contributed by atoms with E-state index in [1.165, 1.54) is 6.07 Å². The molecule has 0 unspecified atom stereocenters. The van der Waals surface area contributed by atoms with Gasteiger partial charge in [-0.25, -0.2) is 8.42 Å². The second kappa shape index (κ2) is 9.05. The molecule has 0 saturated carbocycles. The van der Waals surface area contributed by atoms with Crippen molar-refractivity contribution in [2.45, 2.75) is 37.2 Å². The van der Waals surface area contributed by atoms with Crippen molar-refractivity contribution in [3.63, 3.8) is 0 Å². The first-order chi connectivity index (χ1) is 15.6. The predicted molar refractivity (Wildman–Crippen MR) is 133 cm³/mol. The third-order valence-corrected chi connectivity index (χ3v) is 7.28. The van der Waals surface area contributed by atoms with Crippen LogP contribution in [0.3, 0.4) is 0 Å². The summed E-state index contributed by atoms with van der Waals surface area (Å²) >= 11 is 6.28. The lowest BCUT2D eigenvalue weighted by molar-refractivity contribution is 0.131. The van der Waals surface area contributed by atoms with Crippen LogP contribution in [-0.4, -0.2) is 46.2 Å². The standard InChI is InChI=1S/C25H29ClN2O4S/c1-25(2)16-17-14-18(15-22(24(17)32-25)31-13-7-12-28(3)4)27-33(29,30)23-11-10-21(26)19-8-5-6-9-20(19)23/h5-6,8-11,14-15,27H,7,12-13,16H2,1-4H3. The van der Waals surface area contributed by atoms with Gasteiger partial charge in [-0.1, -0.05) is 35.9 Å². The van der Waals surface area contributed by atoms with E-state index in [0.29, 0.717) is 46.0 Å². The molecule has 1 aliphatic heterocycles. The molecular formula is C25H29ClN2O4S. The first kappa shape index (κ1) is 23.7. The summed E-state index contributed by atoms with van der Waals surface area (Å²) in [5, 5.41) is 1.77. The fourth-order valence-electron chi connectivity index (χ4n) is 4.09. The molecule has 0 aliphatic carbocycles. The molecule has 0 fully saturated rings. The molecular weight excluding hydrogens is 460 g/mol. The van der Waals surface area contributed by atoms with E-state index in [9.17, 15) is 8.42 Å². The Kier molecular flexibility index (Phi) is 6.49. The number of rotatable bonds is 8. The third kappa shape index (κ3) is 5.21. The largest absolute Gasteiger partial charge is 0.490 e. The zero-order valence-electron chi connectivity index (χ0n) is 19.3. The molecule has 0 bridgehead atoms. The van der Waals surface area contributed by atoms with E-state index in [-0.39, 0.29) is 10.5 Å². The zero-order valence-corrected chi connectivity index (χ0v) is 20.9. The SMILES string of the molecule is CN(C)CCCOc1cc(NS(=O)(=O)c2ccc(Cl)c3ccccc23)cc2c1OC(C)(C)C2. The molecule has 8 heteroatoms. The van der Waals surface area contributed by atoms with Gasteiger partial charge >= 0.3 is 0 Å². The molecule has 0 amide bonds. The lowest BCUT2D eigenvalue weighted by atomic mass is 10.0. The second-order valence-electron chi connectivity index (χ2n) is 9.20. The van der Waals surface area contributed by atoms with Crippen molar-refractivity contribution in [3.8, 4) is 11.5 Å². The number of nitrogens with one attached hydrogen (secondary N) is 1. The fourth-order valence-corrected chi connectivity index (χ4v) is 5.57. The number of ether oxygens (including phenoxy) is 2. The Bertz CT molecular complexity index is 1290. The highest BCUT2D eigenvalue weighted by Gasteiger charge is 2.33. The van der Waals surface area contributed by atoms with Crippen LogP contribution in [0.25, 0.3) is 10.8 Å². The molecule has 0 spiro atoms. The van der Waals surface area contributed by atoms with Gasteiger partial charge in [0.2, 0.25) is 0 Å². The number of hydrogen-bond donors (Lipinski definition) is 1. The van der Waals surface area contributed by atoms with Crippen molar-refractivity contribution in [1.82, 2.24) is 4.90 Å². The van der Waals surface area contributed by atoms with Gasteiger partial charge in [-0.3, -0.25) is 4.72 Å². The molecule has 6 nitrogen and oxygen atoms in total. The first-order valence-corrected chi connectivity index (χ1v) is 12.8. The Morgan fingerprint density at radius 2 is 1.85 bits per heavy atom. The van der Waals surface area contributed by atoms with Crippen LogP contribution in [0, 0.1) is 0 Å². The van der Waals surface area contributed by atoms with Crippen molar-refractivity contribution in [2.24, 2.45) is 0 Å². The van der Waals surface area contributed by atoms with E-state index < -0.39 is 10.0 Å². The van der Waals surface area contributed by atoms with Crippen LogP contribution in [0.1, 0.15) is 25.8 Å². The number of hydrogen-bond acceptors (Lipinski definition) is 5. The summed E-state index contributed by atoms with van der Waals surface area (Å²) in [4.78, 5) is 2.27. The van der Waals surface area contributed by atoms with E-state index in [0.717, 1.165) is 18.5 Å². The summed E-state index contributed by atoms with van der Waals surface area (Å²) in [7, 11) is 0.158. The normalized spacial score (nSPS) is 14.8. The Balaban J connectivity index is 1.67. The number of anilines is 1. The molecule has 1 aliphatic rings. The number of nitrogens with zero attached hydrogens (tertiary/aromatic N) is 1. The highest BCUT2D eigenvalue weighted by atomic mass is 35.5. The van der Waals surface area contributed by atoms with Crippen molar-refractivity contribution in [2.75, 3.05) is 32.0 Å². The summed E-state index contributed by atoms with van der Waals surface area (Å²) in [5.41, 5.74) is 0.981. The fraction of sp³-hybridized carbons (Fsp3) is 0.360. The van der Waals surface area contributed by atoms with E-state index in [1.54, 1.807) is 24.3 Å². The molecule has 3 aromatic rings. The lowest BCUT2D eigenvalue weighted by Crippen LogP contribution is -2.24.